The van der Waals surface area contributed by atoms with Crippen LogP contribution < -0.4 is 0 Å². The molecule has 2 atom stereocenters. The lowest BCUT2D eigenvalue weighted by atomic mass is 10.0. The quantitative estimate of drug-likeness (QED) is 0.938. The van der Waals surface area contributed by atoms with Gasteiger partial charge in [0.15, 0.2) is 6.10 Å². The maximum absolute atomic E-state index is 12.1. The second-order valence-corrected chi connectivity index (χ2v) is 5.07. The van der Waals surface area contributed by atoms with E-state index >= 15 is 0 Å². The molecule has 4 nitrogen and oxygen atoms in total. The van der Waals surface area contributed by atoms with Crippen LogP contribution in [-0.4, -0.2) is 28.8 Å². The Morgan fingerprint density at radius 2 is 1.62 bits per heavy atom. The Bertz CT molecular complexity index is 600. The third-order valence-electron chi connectivity index (χ3n) is 3.69. The summed E-state index contributed by atoms with van der Waals surface area (Å²) in [5.74, 6) is 0. The summed E-state index contributed by atoms with van der Waals surface area (Å²) in [6.45, 7) is 0.284. The third kappa shape index (κ3) is 2.76. The summed E-state index contributed by atoms with van der Waals surface area (Å²) in [7, 11) is 0. The van der Waals surface area contributed by atoms with E-state index in [9.17, 15) is 9.90 Å². The fourth-order valence-corrected chi connectivity index (χ4v) is 2.70. The van der Waals surface area contributed by atoms with Gasteiger partial charge in [0.1, 0.15) is 6.04 Å². The van der Waals surface area contributed by atoms with Crippen molar-refractivity contribution in [3.63, 3.8) is 0 Å². The molecule has 1 heterocycles. The van der Waals surface area contributed by atoms with Crippen LogP contribution in [0.4, 0.5) is 4.79 Å². The average Bonchev–Trinajstić information content (AvgIpc) is 2.85. The SMILES string of the molecule is O=C1O[C@@H](CO)[C@@H](c2ccccc2)N1Cc1ccccc1. The van der Waals surface area contributed by atoms with Gasteiger partial charge in [0, 0.05) is 6.54 Å². The van der Waals surface area contributed by atoms with Crippen molar-refractivity contribution in [2.75, 3.05) is 6.61 Å². The number of benzene rings is 2. The van der Waals surface area contributed by atoms with Gasteiger partial charge in [-0.15, -0.1) is 0 Å². The van der Waals surface area contributed by atoms with Crippen LogP contribution >= 0.6 is 0 Å². The molecule has 0 aliphatic carbocycles. The number of nitrogens with zero attached hydrogens (tertiary/aromatic N) is 1. The maximum atomic E-state index is 12.1. The first-order chi connectivity index (χ1) is 10.3. The number of ether oxygens (including phenoxy) is 1. The fourth-order valence-electron chi connectivity index (χ4n) is 2.70. The largest absolute Gasteiger partial charge is 0.441 e. The average molecular weight is 283 g/mol. The molecule has 0 spiro atoms. The Morgan fingerprint density at radius 3 is 2.24 bits per heavy atom. The van der Waals surface area contributed by atoms with Gasteiger partial charge in [0.2, 0.25) is 0 Å². The lowest BCUT2D eigenvalue weighted by molar-refractivity contribution is 0.0827. The molecule has 1 saturated heterocycles. The van der Waals surface area contributed by atoms with Gasteiger partial charge in [-0.3, -0.25) is 4.90 Å². The van der Waals surface area contributed by atoms with Gasteiger partial charge in [-0.1, -0.05) is 60.7 Å². The molecule has 1 aliphatic rings. The Labute approximate surface area is 123 Å². The molecule has 1 aliphatic heterocycles. The smallest absolute Gasteiger partial charge is 0.411 e. The predicted octanol–water partition coefficient (Wildman–Crippen LogP) is 2.74. The molecule has 108 valence electrons. The molecule has 0 unspecified atom stereocenters. The number of aliphatic hydroxyl groups is 1. The summed E-state index contributed by atoms with van der Waals surface area (Å²) in [6.07, 6.45) is -0.907. The standard InChI is InChI=1S/C17H17NO3/c19-12-15-16(14-9-5-2-6-10-14)18(17(20)21-15)11-13-7-3-1-4-8-13/h1-10,15-16,19H,11-12H2/t15-,16+/m0/s1. The lowest BCUT2D eigenvalue weighted by Crippen LogP contribution is -2.30. The Balaban J connectivity index is 1.90. The van der Waals surface area contributed by atoms with Crippen molar-refractivity contribution in [2.45, 2.75) is 18.7 Å². The minimum atomic E-state index is -0.524. The van der Waals surface area contributed by atoms with Crippen LogP contribution in [0.25, 0.3) is 0 Å². The van der Waals surface area contributed by atoms with E-state index in [2.05, 4.69) is 0 Å². The Morgan fingerprint density at radius 1 is 1.00 bits per heavy atom. The van der Waals surface area contributed by atoms with E-state index in [1.54, 1.807) is 4.90 Å². The van der Waals surface area contributed by atoms with Crippen LogP contribution in [0.2, 0.25) is 0 Å². The summed E-state index contributed by atoms with van der Waals surface area (Å²) in [5.41, 5.74) is 2.01. The van der Waals surface area contributed by atoms with Crippen LogP contribution in [-0.2, 0) is 11.3 Å². The molecule has 0 bridgehead atoms. The molecule has 1 amide bonds. The lowest BCUT2D eigenvalue weighted by Gasteiger charge is -2.24. The Kier molecular flexibility index (Phi) is 3.88. The molecule has 0 aromatic heterocycles. The number of rotatable bonds is 4. The molecule has 1 N–H and O–H groups in total. The molecule has 0 saturated carbocycles. The third-order valence-corrected chi connectivity index (χ3v) is 3.69. The van der Waals surface area contributed by atoms with Gasteiger partial charge in [0.05, 0.1) is 6.61 Å². The zero-order valence-electron chi connectivity index (χ0n) is 11.6. The number of amides is 1. The van der Waals surface area contributed by atoms with E-state index in [4.69, 9.17) is 4.74 Å². The molecule has 0 radical (unpaired) electrons. The van der Waals surface area contributed by atoms with Gasteiger partial charge in [-0.2, -0.15) is 0 Å². The summed E-state index contributed by atoms with van der Waals surface area (Å²) in [6, 6.07) is 19.2. The van der Waals surface area contributed by atoms with Gasteiger partial charge in [-0.25, -0.2) is 4.79 Å². The summed E-state index contributed by atoms with van der Waals surface area (Å²) >= 11 is 0. The highest BCUT2D eigenvalue weighted by atomic mass is 16.6. The number of hydrogen-bond acceptors (Lipinski definition) is 3. The van der Waals surface area contributed by atoms with Crippen molar-refractivity contribution in [1.29, 1.82) is 0 Å². The van der Waals surface area contributed by atoms with E-state index < -0.39 is 6.10 Å². The summed E-state index contributed by atoms with van der Waals surface area (Å²) in [5, 5.41) is 9.50. The first-order valence-electron chi connectivity index (χ1n) is 6.96. The van der Waals surface area contributed by atoms with Crippen LogP contribution in [0.5, 0.6) is 0 Å². The fraction of sp³-hybridized carbons (Fsp3) is 0.235. The minimum Gasteiger partial charge on any atom is -0.441 e. The molecule has 21 heavy (non-hydrogen) atoms. The van der Waals surface area contributed by atoms with Gasteiger partial charge >= 0.3 is 6.09 Å². The highest BCUT2D eigenvalue weighted by Crippen LogP contribution is 2.34. The zero-order valence-corrected chi connectivity index (χ0v) is 11.6. The molecule has 2 aromatic rings. The van der Waals surface area contributed by atoms with Gasteiger partial charge < -0.3 is 9.84 Å². The second kappa shape index (κ2) is 5.97. The Hall–Kier alpha value is -2.33. The van der Waals surface area contributed by atoms with Crippen molar-refractivity contribution in [2.24, 2.45) is 0 Å². The zero-order chi connectivity index (χ0) is 14.7. The number of carbonyl (C=O) groups is 1. The minimum absolute atomic E-state index is 0.184. The van der Waals surface area contributed by atoms with E-state index in [-0.39, 0.29) is 18.7 Å². The second-order valence-electron chi connectivity index (χ2n) is 5.07. The maximum Gasteiger partial charge on any atom is 0.411 e. The van der Waals surface area contributed by atoms with Crippen molar-refractivity contribution >= 4 is 6.09 Å². The van der Waals surface area contributed by atoms with Crippen LogP contribution in [0.15, 0.2) is 60.7 Å². The molecule has 3 rings (SSSR count). The van der Waals surface area contributed by atoms with Gasteiger partial charge in [-0.05, 0) is 11.1 Å². The molecule has 4 heteroatoms. The van der Waals surface area contributed by atoms with E-state index in [1.165, 1.54) is 0 Å². The number of hydrogen-bond donors (Lipinski definition) is 1. The van der Waals surface area contributed by atoms with Crippen molar-refractivity contribution in [1.82, 2.24) is 4.90 Å². The highest BCUT2D eigenvalue weighted by Gasteiger charge is 2.42. The number of cyclic esters (lactones) is 1. The number of carbonyl (C=O) groups excluding carboxylic acids is 1. The van der Waals surface area contributed by atoms with Crippen LogP contribution in [0, 0.1) is 0 Å². The normalized spacial score (nSPS) is 21.4. The summed E-state index contributed by atoms with van der Waals surface area (Å²) in [4.78, 5) is 13.8. The van der Waals surface area contributed by atoms with Crippen molar-refractivity contribution in [3.05, 3.63) is 71.8 Å². The van der Waals surface area contributed by atoms with Crippen LogP contribution in [0.1, 0.15) is 17.2 Å². The molecular weight excluding hydrogens is 266 g/mol. The van der Waals surface area contributed by atoms with Crippen LogP contribution in [0.3, 0.4) is 0 Å². The first kappa shape index (κ1) is 13.6. The van der Waals surface area contributed by atoms with Crippen molar-refractivity contribution < 1.29 is 14.6 Å². The van der Waals surface area contributed by atoms with Crippen molar-refractivity contribution in [3.8, 4) is 0 Å². The topological polar surface area (TPSA) is 49.8 Å². The molecular formula is C17H17NO3. The monoisotopic (exact) mass is 283 g/mol. The van der Waals surface area contributed by atoms with Gasteiger partial charge in [0.25, 0.3) is 0 Å². The van der Waals surface area contributed by atoms with E-state index in [0.717, 1.165) is 11.1 Å². The molecule has 2 aromatic carbocycles. The first-order valence-corrected chi connectivity index (χ1v) is 6.96. The van der Waals surface area contributed by atoms with E-state index in [0.29, 0.717) is 6.54 Å². The summed E-state index contributed by atoms with van der Waals surface area (Å²) < 4.78 is 5.30. The van der Waals surface area contributed by atoms with E-state index in [1.807, 2.05) is 60.7 Å². The number of aliphatic hydroxyl groups excluding tert-OH is 1. The predicted molar refractivity (Wildman–Crippen MR) is 78.5 cm³/mol. The highest BCUT2D eigenvalue weighted by molar-refractivity contribution is 5.71. The molecule has 1 fully saturated rings.